The summed E-state index contributed by atoms with van der Waals surface area (Å²) in [4.78, 5) is 0. The van der Waals surface area contributed by atoms with Crippen LogP contribution in [0.5, 0.6) is 0 Å². The second kappa shape index (κ2) is 28.7. The van der Waals surface area contributed by atoms with Crippen molar-refractivity contribution in [2.45, 2.75) is 237 Å². The molecule has 0 radical (unpaired) electrons. The molecular formula is C72H120. The highest BCUT2D eigenvalue weighted by molar-refractivity contribution is 5.19. The van der Waals surface area contributed by atoms with Gasteiger partial charge in [-0.3, -0.25) is 0 Å². The van der Waals surface area contributed by atoms with E-state index in [1.54, 1.807) is 64.2 Å². The van der Waals surface area contributed by atoms with Crippen molar-refractivity contribution < 1.29 is 0 Å². The van der Waals surface area contributed by atoms with Crippen LogP contribution < -0.4 is 0 Å². The highest BCUT2D eigenvalue weighted by Crippen LogP contribution is 2.51. The van der Waals surface area contributed by atoms with E-state index >= 15 is 0 Å². The Balaban J connectivity index is 0.000000127. The zero-order valence-corrected chi connectivity index (χ0v) is 49.8. The lowest BCUT2D eigenvalue weighted by molar-refractivity contribution is 0.193. The molecule has 16 atom stereocenters. The van der Waals surface area contributed by atoms with Gasteiger partial charge in [-0.1, -0.05) is 220 Å². The van der Waals surface area contributed by atoms with Crippen LogP contribution in [0.4, 0.5) is 0 Å². The Kier molecular flexibility index (Phi) is 23.2. The van der Waals surface area contributed by atoms with Crippen LogP contribution in [0.15, 0.2) is 72.9 Å². The van der Waals surface area contributed by atoms with Gasteiger partial charge in [0.2, 0.25) is 0 Å². The Labute approximate surface area is 449 Å². The summed E-state index contributed by atoms with van der Waals surface area (Å²) in [5, 5.41) is 0. The summed E-state index contributed by atoms with van der Waals surface area (Å²) < 4.78 is 0. The van der Waals surface area contributed by atoms with Gasteiger partial charge in [-0.05, 0) is 232 Å². The zero-order chi connectivity index (χ0) is 51.3. The molecule has 0 saturated heterocycles. The van der Waals surface area contributed by atoms with Crippen LogP contribution in [0.25, 0.3) is 0 Å². The summed E-state index contributed by atoms with van der Waals surface area (Å²) in [5.74, 6) is 23.4. The van der Waals surface area contributed by atoms with E-state index in [2.05, 4.69) is 156 Å². The fraction of sp³-hybridized carbons (Fsp3) is 0.833. The van der Waals surface area contributed by atoms with Gasteiger partial charge >= 0.3 is 0 Å². The molecule has 0 spiro atoms. The molecule has 0 nitrogen and oxygen atoms in total. The van der Waals surface area contributed by atoms with Gasteiger partial charge in [-0.2, -0.15) is 0 Å². The first-order chi connectivity index (χ1) is 34.7. The van der Waals surface area contributed by atoms with E-state index in [1.165, 1.54) is 89.9 Å². The van der Waals surface area contributed by atoms with Crippen LogP contribution >= 0.6 is 0 Å². The highest BCUT2D eigenvalue weighted by Gasteiger charge is 2.41. The molecular weight excluding hydrogens is 865 g/mol. The van der Waals surface area contributed by atoms with E-state index in [9.17, 15) is 0 Å². The number of hydrogen-bond donors (Lipinski definition) is 0. The molecule has 0 N–H and O–H groups in total. The smallest absolute Gasteiger partial charge is 0.0136 e. The van der Waals surface area contributed by atoms with Gasteiger partial charge in [0, 0.05) is 0 Å². The molecule has 9 fully saturated rings. The van der Waals surface area contributed by atoms with Crippen molar-refractivity contribution in [3.05, 3.63) is 72.9 Å². The van der Waals surface area contributed by atoms with Gasteiger partial charge in [0.15, 0.2) is 0 Å². The normalized spacial score (nSPS) is 40.4. The van der Waals surface area contributed by atoms with Gasteiger partial charge in [-0.15, -0.1) is 0 Å². The first kappa shape index (κ1) is 58.1. The molecule has 0 aromatic rings. The van der Waals surface area contributed by atoms with Gasteiger partial charge in [-0.25, -0.2) is 0 Å². The average molecular weight is 986 g/mol. The molecule has 12 aliphatic carbocycles. The molecule has 0 bridgehead atoms. The third-order valence-corrected chi connectivity index (χ3v) is 23.1. The van der Waals surface area contributed by atoms with E-state index in [-0.39, 0.29) is 0 Å². The topological polar surface area (TPSA) is 0 Å². The SMILES string of the molecule is CC(C)C1CC2C=CC=CC2C1.CC(C)C1CC2CCCCC2C1.CC(C)C1CCC2C=CC=CC21.CC(C)C1CCC2C=CC=CC21.CC(C)C1CCC2CCCCC21.CC(C)C1CCC2CCCCC21. The van der Waals surface area contributed by atoms with E-state index in [0.29, 0.717) is 0 Å². The van der Waals surface area contributed by atoms with E-state index in [0.717, 1.165) is 142 Å². The van der Waals surface area contributed by atoms with E-state index in [1.807, 2.05) is 0 Å². The molecule has 0 aromatic carbocycles. The largest absolute Gasteiger partial charge is 0.0808 e. The Morgan fingerprint density at radius 3 is 0.917 bits per heavy atom. The quantitative estimate of drug-likeness (QED) is 0.249. The summed E-state index contributed by atoms with van der Waals surface area (Å²) in [7, 11) is 0. The molecule has 16 unspecified atom stereocenters. The maximum Gasteiger partial charge on any atom is -0.0136 e. The average Bonchev–Trinajstić information content (AvgIpc) is 4.25. The molecule has 12 rings (SSSR count). The highest BCUT2D eigenvalue weighted by atomic mass is 14.5. The Morgan fingerprint density at radius 1 is 0.250 bits per heavy atom. The number of allylic oxidation sites excluding steroid dienone is 12. The summed E-state index contributed by atoms with van der Waals surface area (Å²) >= 11 is 0. The maximum absolute atomic E-state index is 2.42. The molecule has 0 heteroatoms. The zero-order valence-electron chi connectivity index (χ0n) is 49.8. The van der Waals surface area contributed by atoms with E-state index in [4.69, 9.17) is 0 Å². The number of hydrogen-bond acceptors (Lipinski definition) is 0. The van der Waals surface area contributed by atoms with Crippen LogP contribution in [0, 0.1) is 142 Å². The monoisotopic (exact) mass is 985 g/mol. The minimum Gasteiger partial charge on any atom is -0.0808 e. The molecule has 0 amide bonds. The lowest BCUT2D eigenvalue weighted by Crippen LogP contribution is -2.22. The fourth-order valence-electron chi connectivity index (χ4n) is 18.6. The summed E-state index contributed by atoms with van der Waals surface area (Å²) in [6.45, 7) is 28.6. The van der Waals surface area contributed by atoms with Gasteiger partial charge in [0.25, 0.3) is 0 Å². The molecule has 0 aliphatic heterocycles. The first-order valence-electron chi connectivity index (χ1n) is 32.7. The predicted octanol–water partition coefficient (Wildman–Crippen LogP) is 21.8. The third-order valence-electron chi connectivity index (χ3n) is 23.1. The van der Waals surface area contributed by atoms with Gasteiger partial charge in [0.1, 0.15) is 0 Å². The van der Waals surface area contributed by atoms with Crippen LogP contribution in [0.1, 0.15) is 237 Å². The predicted molar refractivity (Wildman–Crippen MR) is 317 cm³/mol. The lowest BCUT2D eigenvalue weighted by Gasteiger charge is -2.31. The first-order valence-corrected chi connectivity index (χ1v) is 32.7. The van der Waals surface area contributed by atoms with Crippen molar-refractivity contribution in [1.29, 1.82) is 0 Å². The van der Waals surface area contributed by atoms with Crippen LogP contribution in [-0.4, -0.2) is 0 Å². The minimum absolute atomic E-state index is 0.856. The Bertz CT molecular complexity index is 1590. The molecule has 12 aliphatic rings. The van der Waals surface area contributed by atoms with E-state index < -0.39 is 0 Å². The van der Waals surface area contributed by atoms with Gasteiger partial charge in [0.05, 0.1) is 0 Å². The van der Waals surface area contributed by atoms with Crippen molar-refractivity contribution in [3.8, 4) is 0 Å². The molecule has 9 saturated carbocycles. The molecule has 72 heavy (non-hydrogen) atoms. The maximum atomic E-state index is 2.42. The van der Waals surface area contributed by atoms with Crippen LogP contribution in [0.2, 0.25) is 0 Å². The van der Waals surface area contributed by atoms with Crippen molar-refractivity contribution in [3.63, 3.8) is 0 Å². The second-order valence-corrected chi connectivity index (χ2v) is 29.2. The molecule has 0 aromatic heterocycles. The summed E-state index contributed by atoms with van der Waals surface area (Å²) in [5.41, 5.74) is 0. The lowest BCUT2D eigenvalue weighted by atomic mass is 9.75. The Hall–Kier alpha value is -1.56. The third kappa shape index (κ3) is 15.8. The number of fused-ring (bicyclic) bond motifs is 6. The Morgan fingerprint density at radius 2 is 0.556 bits per heavy atom. The summed E-state index contributed by atoms with van der Waals surface area (Å²) in [6, 6.07) is 0. The number of rotatable bonds is 6. The fourth-order valence-corrected chi connectivity index (χ4v) is 18.6. The standard InChI is InChI=1S/C12H22.C12H18.2C12H22.2C12H18/c2*1-9(2)12-7-10-5-3-4-6-11(10)8-12;4*1-9(2)11-8-7-10-5-3-4-6-12(10)11/h9-12H,3-8H2,1-2H3;3-6,9-12H,7-8H2,1-2H3;2*9-12H,3-8H2,1-2H3;2*3-6,9-12H,7-8H2,1-2H3. The van der Waals surface area contributed by atoms with Crippen molar-refractivity contribution in [2.24, 2.45) is 142 Å². The summed E-state index contributed by atoms with van der Waals surface area (Å²) in [6.07, 6.45) is 63.9. The van der Waals surface area contributed by atoms with Crippen molar-refractivity contribution in [2.75, 3.05) is 0 Å². The molecule has 0 heterocycles. The van der Waals surface area contributed by atoms with Crippen LogP contribution in [-0.2, 0) is 0 Å². The van der Waals surface area contributed by atoms with Crippen molar-refractivity contribution in [1.82, 2.24) is 0 Å². The second-order valence-electron chi connectivity index (χ2n) is 29.2. The molecule has 408 valence electrons. The van der Waals surface area contributed by atoms with Crippen molar-refractivity contribution >= 4 is 0 Å². The minimum atomic E-state index is 0.856. The van der Waals surface area contributed by atoms with Gasteiger partial charge < -0.3 is 0 Å². The van der Waals surface area contributed by atoms with Crippen LogP contribution in [0.3, 0.4) is 0 Å².